The molecule has 2 aromatic rings. The summed E-state index contributed by atoms with van der Waals surface area (Å²) in [6, 6.07) is 6.85. The smallest absolute Gasteiger partial charge is 0.240 e. The highest BCUT2D eigenvalue weighted by Gasteiger charge is 2.15. The van der Waals surface area contributed by atoms with Gasteiger partial charge in [-0.2, -0.15) is 0 Å². The summed E-state index contributed by atoms with van der Waals surface area (Å²) < 4.78 is 6.47. The lowest BCUT2D eigenvalue weighted by Crippen LogP contribution is -2.31. The van der Waals surface area contributed by atoms with Gasteiger partial charge in [-0.25, -0.2) is 4.98 Å². The Morgan fingerprint density at radius 2 is 2.19 bits per heavy atom. The van der Waals surface area contributed by atoms with E-state index in [-0.39, 0.29) is 30.7 Å². The fraction of sp³-hybridized carbons (Fsp3) is 0.353. The Labute approximate surface area is 166 Å². The van der Waals surface area contributed by atoms with Gasteiger partial charge in [0.2, 0.25) is 11.8 Å². The summed E-state index contributed by atoms with van der Waals surface area (Å²) in [5.74, 6) is -0.364. The number of halogens is 1. The number of methoxy groups -OCH3 is 1. The van der Waals surface area contributed by atoms with E-state index in [0.717, 1.165) is 0 Å². The van der Waals surface area contributed by atoms with Crippen molar-refractivity contribution in [2.45, 2.75) is 18.3 Å². The van der Waals surface area contributed by atoms with Crippen molar-refractivity contribution in [3.05, 3.63) is 41.2 Å². The van der Waals surface area contributed by atoms with Crippen LogP contribution in [0.5, 0.6) is 0 Å². The van der Waals surface area contributed by atoms with Crippen LogP contribution in [0.4, 0.5) is 5.69 Å². The van der Waals surface area contributed by atoms with Gasteiger partial charge in [-0.1, -0.05) is 29.4 Å². The molecule has 8 nitrogen and oxygen atoms in total. The number of benzene rings is 1. The van der Waals surface area contributed by atoms with Gasteiger partial charge in [0.05, 0.1) is 30.9 Å². The quantitative estimate of drug-likeness (QED) is 0.403. The van der Waals surface area contributed by atoms with Crippen LogP contribution in [0.3, 0.4) is 0 Å². The third-order valence-electron chi connectivity index (χ3n) is 3.43. The number of aromatic nitrogens is 2. The third-order valence-corrected chi connectivity index (χ3v) is 4.66. The van der Waals surface area contributed by atoms with Crippen molar-refractivity contribution in [3.8, 4) is 0 Å². The van der Waals surface area contributed by atoms with Crippen LogP contribution in [0.15, 0.2) is 35.6 Å². The second-order valence-electron chi connectivity index (χ2n) is 5.47. The first-order chi connectivity index (χ1) is 13.0. The van der Waals surface area contributed by atoms with Crippen LogP contribution in [0.25, 0.3) is 0 Å². The van der Waals surface area contributed by atoms with Gasteiger partial charge in [-0.05, 0) is 18.2 Å². The first-order valence-corrected chi connectivity index (χ1v) is 9.49. The Bertz CT molecular complexity index is 784. The molecule has 0 aliphatic carbocycles. The van der Waals surface area contributed by atoms with E-state index in [0.29, 0.717) is 34.7 Å². The standard InChI is InChI=1S/C17H21ClN4O4S/c1-26-6-5-19-15(24)9-22-14(10-23)8-20-17(22)27-11-16(25)21-13-4-2-3-12(18)7-13/h2-4,7-8,23H,5-6,9-11H2,1H3,(H,19,24)(H,21,25). The molecule has 0 saturated heterocycles. The second kappa shape index (κ2) is 10.9. The zero-order valence-corrected chi connectivity index (χ0v) is 16.3. The normalized spacial score (nSPS) is 10.6. The molecule has 0 aliphatic heterocycles. The van der Waals surface area contributed by atoms with Gasteiger partial charge < -0.3 is 25.0 Å². The summed E-state index contributed by atoms with van der Waals surface area (Å²) in [5.41, 5.74) is 1.10. The minimum atomic E-state index is -0.256. The number of ether oxygens (including phenoxy) is 1. The topological polar surface area (TPSA) is 105 Å². The molecule has 3 N–H and O–H groups in total. The van der Waals surface area contributed by atoms with Gasteiger partial charge in [-0.3, -0.25) is 9.59 Å². The Hall–Kier alpha value is -2.07. The van der Waals surface area contributed by atoms with E-state index in [1.54, 1.807) is 35.9 Å². The molecule has 2 rings (SSSR count). The molecule has 1 heterocycles. The maximum Gasteiger partial charge on any atom is 0.240 e. The maximum atomic E-state index is 12.1. The van der Waals surface area contributed by atoms with Crippen molar-refractivity contribution in [1.82, 2.24) is 14.9 Å². The summed E-state index contributed by atoms with van der Waals surface area (Å²) in [5, 5.41) is 15.9. The number of carbonyl (C=O) groups excluding carboxylic acids is 2. The van der Waals surface area contributed by atoms with Crippen LogP contribution in [-0.2, 0) is 27.5 Å². The number of thioether (sulfide) groups is 1. The lowest BCUT2D eigenvalue weighted by Gasteiger charge is -2.11. The molecule has 2 amide bonds. The summed E-state index contributed by atoms with van der Waals surface area (Å²) in [4.78, 5) is 28.3. The maximum absolute atomic E-state index is 12.1. The van der Waals surface area contributed by atoms with Gasteiger partial charge >= 0.3 is 0 Å². The van der Waals surface area contributed by atoms with Gasteiger partial charge in [0, 0.05) is 24.4 Å². The molecule has 1 aromatic heterocycles. The van der Waals surface area contributed by atoms with Crippen molar-refractivity contribution in [1.29, 1.82) is 0 Å². The van der Waals surface area contributed by atoms with E-state index in [9.17, 15) is 14.7 Å². The number of carbonyl (C=O) groups is 2. The van der Waals surface area contributed by atoms with E-state index in [1.165, 1.54) is 18.0 Å². The van der Waals surface area contributed by atoms with E-state index in [4.69, 9.17) is 16.3 Å². The predicted octanol–water partition coefficient (Wildman–Crippen LogP) is 1.52. The number of aliphatic hydroxyl groups excluding tert-OH is 1. The average Bonchev–Trinajstić information content (AvgIpc) is 3.02. The lowest BCUT2D eigenvalue weighted by atomic mass is 10.3. The minimum absolute atomic E-state index is 0.00213. The molecular weight excluding hydrogens is 392 g/mol. The SMILES string of the molecule is COCCNC(=O)Cn1c(CO)cnc1SCC(=O)Nc1cccc(Cl)c1. The van der Waals surface area contributed by atoms with Crippen LogP contribution in [0, 0.1) is 0 Å². The zero-order valence-electron chi connectivity index (χ0n) is 14.8. The molecule has 10 heteroatoms. The molecule has 0 fully saturated rings. The average molecular weight is 413 g/mol. The highest BCUT2D eigenvalue weighted by Crippen LogP contribution is 2.20. The number of nitrogens with one attached hydrogen (secondary N) is 2. The number of imidazole rings is 1. The molecule has 0 atom stereocenters. The largest absolute Gasteiger partial charge is 0.390 e. The number of aliphatic hydroxyl groups is 1. The Morgan fingerprint density at radius 1 is 1.37 bits per heavy atom. The number of hydrogen-bond acceptors (Lipinski definition) is 6. The predicted molar refractivity (Wildman–Crippen MR) is 104 cm³/mol. The number of rotatable bonds is 10. The van der Waals surface area contributed by atoms with Crippen LogP contribution in [-0.4, -0.2) is 52.5 Å². The Kier molecular flexibility index (Phi) is 8.59. The Morgan fingerprint density at radius 3 is 2.89 bits per heavy atom. The molecule has 0 spiro atoms. The van der Waals surface area contributed by atoms with Crippen LogP contribution in [0.1, 0.15) is 5.69 Å². The number of anilines is 1. The van der Waals surface area contributed by atoms with Gasteiger partial charge in [0.15, 0.2) is 5.16 Å². The number of nitrogens with zero attached hydrogens (tertiary/aromatic N) is 2. The highest BCUT2D eigenvalue weighted by atomic mass is 35.5. The fourth-order valence-electron chi connectivity index (χ4n) is 2.19. The van der Waals surface area contributed by atoms with Gasteiger partial charge in [-0.15, -0.1) is 0 Å². The Balaban J connectivity index is 1.94. The molecule has 0 saturated carbocycles. The van der Waals surface area contributed by atoms with Crippen molar-refractivity contribution >= 4 is 40.9 Å². The van der Waals surface area contributed by atoms with E-state index >= 15 is 0 Å². The van der Waals surface area contributed by atoms with Crippen molar-refractivity contribution in [3.63, 3.8) is 0 Å². The molecule has 27 heavy (non-hydrogen) atoms. The molecular formula is C17H21ClN4O4S. The molecule has 0 aliphatic rings. The van der Waals surface area contributed by atoms with E-state index in [2.05, 4.69) is 15.6 Å². The van der Waals surface area contributed by atoms with Crippen LogP contribution < -0.4 is 10.6 Å². The van der Waals surface area contributed by atoms with E-state index in [1.807, 2.05) is 0 Å². The first-order valence-electron chi connectivity index (χ1n) is 8.12. The van der Waals surface area contributed by atoms with Gasteiger partial charge in [0.1, 0.15) is 6.54 Å². The van der Waals surface area contributed by atoms with Crippen LogP contribution in [0.2, 0.25) is 5.02 Å². The summed E-state index contributed by atoms with van der Waals surface area (Å²) >= 11 is 7.07. The second-order valence-corrected chi connectivity index (χ2v) is 6.85. The minimum Gasteiger partial charge on any atom is -0.390 e. The first kappa shape index (κ1) is 21.2. The summed E-state index contributed by atoms with van der Waals surface area (Å²) in [7, 11) is 1.55. The lowest BCUT2D eigenvalue weighted by molar-refractivity contribution is -0.122. The third kappa shape index (κ3) is 6.87. The monoisotopic (exact) mass is 412 g/mol. The van der Waals surface area contributed by atoms with Crippen molar-refractivity contribution in [2.24, 2.45) is 0 Å². The fourth-order valence-corrected chi connectivity index (χ4v) is 3.18. The molecule has 0 bridgehead atoms. The summed E-state index contributed by atoms with van der Waals surface area (Å²) in [6.07, 6.45) is 1.49. The van der Waals surface area contributed by atoms with Crippen molar-refractivity contribution < 1.29 is 19.4 Å². The molecule has 146 valence electrons. The highest BCUT2D eigenvalue weighted by molar-refractivity contribution is 7.99. The molecule has 0 unspecified atom stereocenters. The zero-order chi connectivity index (χ0) is 19.6. The van der Waals surface area contributed by atoms with Gasteiger partial charge in [0.25, 0.3) is 0 Å². The number of hydrogen-bond donors (Lipinski definition) is 3. The van der Waals surface area contributed by atoms with Crippen LogP contribution >= 0.6 is 23.4 Å². The van der Waals surface area contributed by atoms with Crippen molar-refractivity contribution in [2.75, 3.05) is 31.3 Å². The van der Waals surface area contributed by atoms with E-state index < -0.39 is 0 Å². The summed E-state index contributed by atoms with van der Waals surface area (Å²) in [6.45, 7) is 0.544. The molecule has 0 radical (unpaired) electrons. The molecule has 1 aromatic carbocycles. The number of amides is 2.